The first-order valence-electron chi connectivity index (χ1n) is 9.03. The van der Waals surface area contributed by atoms with E-state index in [1.54, 1.807) is 42.6 Å². The van der Waals surface area contributed by atoms with E-state index in [0.29, 0.717) is 48.6 Å². The summed E-state index contributed by atoms with van der Waals surface area (Å²) < 4.78 is 0. The van der Waals surface area contributed by atoms with Crippen LogP contribution in [0.5, 0.6) is 0 Å². The highest BCUT2D eigenvalue weighted by Crippen LogP contribution is 2.46. The molecule has 0 radical (unpaired) electrons. The Bertz CT molecular complexity index is 1420. The maximum absolute atomic E-state index is 6.58. The van der Waals surface area contributed by atoms with Crippen molar-refractivity contribution < 1.29 is 0 Å². The van der Waals surface area contributed by atoms with E-state index in [9.17, 15) is 0 Å². The topological polar surface area (TPSA) is 12.9 Å². The second-order valence-electron chi connectivity index (χ2n) is 6.79. The van der Waals surface area contributed by atoms with Gasteiger partial charge in [-0.25, -0.2) is 0 Å². The molecule has 4 aromatic rings. The summed E-state index contributed by atoms with van der Waals surface area (Å²) in [5.41, 5.74) is 3.53. The molecule has 1 aromatic heterocycles. The molecule has 3 aromatic carbocycles. The summed E-state index contributed by atoms with van der Waals surface area (Å²) in [6.07, 6.45) is 1.63. The van der Waals surface area contributed by atoms with Gasteiger partial charge in [0, 0.05) is 34.0 Å². The highest BCUT2D eigenvalue weighted by atomic mass is 35.5. The third-order valence-corrected chi connectivity index (χ3v) is 8.73. The second-order valence-corrected chi connectivity index (χ2v) is 10.3. The van der Waals surface area contributed by atoms with Crippen LogP contribution in [-0.2, 0) is 0 Å². The molecule has 33 heavy (non-hydrogen) atoms. The molecule has 4 rings (SSSR count). The third-order valence-electron chi connectivity index (χ3n) is 4.85. The molecule has 0 unspecified atom stereocenters. The summed E-state index contributed by atoms with van der Waals surface area (Å²) in [7, 11) is 0. The zero-order chi connectivity index (χ0) is 24.0. The number of aromatic nitrogens is 1. The van der Waals surface area contributed by atoms with Gasteiger partial charge in [-0.05, 0) is 30.3 Å². The summed E-state index contributed by atoms with van der Waals surface area (Å²) in [5, 5.41) is 2.41. The van der Waals surface area contributed by atoms with Gasteiger partial charge in [0.05, 0.1) is 50.9 Å². The van der Waals surface area contributed by atoms with Crippen molar-refractivity contribution in [3.8, 4) is 33.5 Å². The number of rotatable bonds is 3. The van der Waals surface area contributed by atoms with E-state index in [4.69, 9.17) is 104 Å². The minimum atomic E-state index is 0.208. The fraction of sp³-hybridized carbons (Fsp3) is 0. The summed E-state index contributed by atoms with van der Waals surface area (Å²) in [5.74, 6) is 0. The molecule has 1 heterocycles. The van der Waals surface area contributed by atoms with Gasteiger partial charge in [0.25, 0.3) is 0 Å². The zero-order valence-electron chi connectivity index (χ0n) is 16.0. The molecule has 10 heteroatoms. The van der Waals surface area contributed by atoms with E-state index in [1.165, 1.54) is 0 Å². The SMILES string of the molecule is Clc1ccc(-c2cnc(-c3ccc(Cl)c(Cl)c3Cl)c(-c3ccc(Cl)c(Cl)c3Cl)c2)c(Cl)c1Cl. The highest BCUT2D eigenvalue weighted by molar-refractivity contribution is 6.51. The van der Waals surface area contributed by atoms with E-state index in [1.807, 2.05) is 6.07 Å². The van der Waals surface area contributed by atoms with Gasteiger partial charge in [-0.3, -0.25) is 4.98 Å². The smallest absolute Gasteiger partial charge is 0.0796 e. The Kier molecular flexibility index (Phi) is 7.88. The summed E-state index contributed by atoms with van der Waals surface area (Å²) in [4.78, 5) is 4.66. The average molecular weight is 617 g/mol. The monoisotopic (exact) mass is 613 g/mol. The number of hydrogen-bond donors (Lipinski definition) is 0. The first kappa shape index (κ1) is 25.5. The number of hydrogen-bond acceptors (Lipinski definition) is 1. The van der Waals surface area contributed by atoms with Crippen LogP contribution < -0.4 is 0 Å². The predicted molar refractivity (Wildman–Crippen MR) is 146 cm³/mol. The van der Waals surface area contributed by atoms with Crippen LogP contribution in [0.15, 0.2) is 48.7 Å². The molecule has 168 valence electrons. The van der Waals surface area contributed by atoms with Gasteiger partial charge in [0.15, 0.2) is 0 Å². The fourth-order valence-corrected chi connectivity index (χ4v) is 5.13. The van der Waals surface area contributed by atoms with E-state index < -0.39 is 0 Å². The van der Waals surface area contributed by atoms with Crippen molar-refractivity contribution in [2.75, 3.05) is 0 Å². The molecule has 0 fully saturated rings. The fourth-order valence-electron chi connectivity index (χ4n) is 3.22. The minimum absolute atomic E-state index is 0.208. The predicted octanol–water partition coefficient (Wildman–Crippen LogP) is 12.0. The standard InChI is InChI=1S/C23H8Cl9N/c24-14-4-1-10(17(27)20(14)30)9-7-13(11-2-5-15(25)21(31)18(11)28)23(33-8-9)12-3-6-16(26)22(32)19(12)29/h1-8H. The summed E-state index contributed by atoms with van der Waals surface area (Å²) in [6.45, 7) is 0. The van der Waals surface area contributed by atoms with E-state index in [0.717, 1.165) is 0 Å². The maximum Gasteiger partial charge on any atom is 0.0796 e. The van der Waals surface area contributed by atoms with Crippen LogP contribution in [0.25, 0.3) is 33.5 Å². The molecule has 0 saturated carbocycles. The normalized spacial score (nSPS) is 11.2. The molecule has 0 atom stereocenters. The van der Waals surface area contributed by atoms with Gasteiger partial charge in [-0.2, -0.15) is 0 Å². The Balaban J connectivity index is 2.05. The number of benzene rings is 3. The Morgan fingerprint density at radius 3 is 1.39 bits per heavy atom. The van der Waals surface area contributed by atoms with Crippen molar-refractivity contribution in [3.05, 3.63) is 93.9 Å². The lowest BCUT2D eigenvalue weighted by Crippen LogP contribution is -1.94. The Morgan fingerprint density at radius 2 is 0.848 bits per heavy atom. The van der Waals surface area contributed by atoms with E-state index in [-0.39, 0.29) is 30.1 Å². The molecule has 0 bridgehead atoms. The molecular formula is C23H8Cl9N. The summed E-state index contributed by atoms with van der Waals surface area (Å²) in [6, 6.07) is 12.0. The lowest BCUT2D eigenvalue weighted by atomic mass is 9.95. The van der Waals surface area contributed by atoms with Crippen molar-refractivity contribution >= 4 is 104 Å². The molecule has 0 N–H and O–H groups in total. The van der Waals surface area contributed by atoms with Crippen LogP contribution in [0.3, 0.4) is 0 Å². The first-order valence-corrected chi connectivity index (χ1v) is 12.4. The van der Waals surface area contributed by atoms with Gasteiger partial charge < -0.3 is 0 Å². The third kappa shape index (κ3) is 4.78. The van der Waals surface area contributed by atoms with E-state index >= 15 is 0 Å². The first-order chi connectivity index (χ1) is 15.6. The quantitative estimate of drug-likeness (QED) is 0.209. The highest BCUT2D eigenvalue weighted by Gasteiger charge is 2.21. The minimum Gasteiger partial charge on any atom is -0.255 e. The number of pyridine rings is 1. The molecule has 1 nitrogen and oxygen atoms in total. The van der Waals surface area contributed by atoms with Crippen molar-refractivity contribution in [1.29, 1.82) is 0 Å². The Labute approximate surface area is 235 Å². The van der Waals surface area contributed by atoms with Gasteiger partial charge in [-0.1, -0.05) is 117 Å². The van der Waals surface area contributed by atoms with Crippen molar-refractivity contribution in [2.45, 2.75) is 0 Å². The van der Waals surface area contributed by atoms with Crippen LogP contribution in [0.4, 0.5) is 0 Å². The Morgan fingerprint density at radius 1 is 0.424 bits per heavy atom. The largest absolute Gasteiger partial charge is 0.255 e. The average Bonchev–Trinajstić information content (AvgIpc) is 2.80. The molecule has 0 aliphatic heterocycles. The second kappa shape index (κ2) is 10.2. The number of nitrogens with zero attached hydrogens (tertiary/aromatic N) is 1. The van der Waals surface area contributed by atoms with Crippen molar-refractivity contribution in [2.24, 2.45) is 0 Å². The van der Waals surface area contributed by atoms with Crippen molar-refractivity contribution in [3.63, 3.8) is 0 Å². The van der Waals surface area contributed by atoms with Crippen LogP contribution in [0.1, 0.15) is 0 Å². The van der Waals surface area contributed by atoms with E-state index in [2.05, 4.69) is 4.98 Å². The molecule has 0 aliphatic carbocycles. The Hall–Kier alpha value is -0.580. The molecule has 0 spiro atoms. The van der Waals surface area contributed by atoms with Gasteiger partial charge in [0.1, 0.15) is 0 Å². The number of halogens is 9. The van der Waals surface area contributed by atoms with Crippen LogP contribution in [-0.4, -0.2) is 4.98 Å². The lowest BCUT2D eigenvalue weighted by molar-refractivity contribution is 1.32. The maximum atomic E-state index is 6.58. The molecular weight excluding hydrogens is 609 g/mol. The molecule has 0 amide bonds. The van der Waals surface area contributed by atoms with Crippen LogP contribution in [0.2, 0.25) is 45.2 Å². The van der Waals surface area contributed by atoms with Crippen molar-refractivity contribution in [1.82, 2.24) is 4.98 Å². The van der Waals surface area contributed by atoms with Gasteiger partial charge >= 0.3 is 0 Å². The summed E-state index contributed by atoms with van der Waals surface area (Å²) >= 11 is 56.8. The van der Waals surface area contributed by atoms with Gasteiger partial charge in [0.2, 0.25) is 0 Å². The van der Waals surface area contributed by atoms with Crippen LogP contribution in [0, 0.1) is 0 Å². The zero-order valence-corrected chi connectivity index (χ0v) is 22.8. The lowest BCUT2D eigenvalue weighted by Gasteiger charge is -2.16. The van der Waals surface area contributed by atoms with Gasteiger partial charge in [-0.15, -0.1) is 0 Å². The van der Waals surface area contributed by atoms with Crippen LogP contribution >= 0.6 is 104 Å². The molecule has 0 saturated heterocycles. The molecule has 0 aliphatic rings.